The first kappa shape index (κ1) is 12.0. The minimum atomic E-state index is -0.317. The summed E-state index contributed by atoms with van der Waals surface area (Å²) in [4.78, 5) is 1.14. The number of aryl methyl sites for hydroxylation is 1. The topological polar surface area (TPSA) is 64.1 Å². The Hall–Kier alpha value is -1.43. The molecule has 1 atom stereocenters. The first-order valence-corrected chi connectivity index (χ1v) is 6.06. The van der Waals surface area contributed by atoms with Gasteiger partial charge in [-0.15, -0.1) is 11.3 Å². The number of halogens is 1. The maximum Gasteiger partial charge on any atom is 0.123 e. The Morgan fingerprint density at radius 3 is 2.65 bits per heavy atom. The van der Waals surface area contributed by atoms with Crippen LogP contribution in [0.4, 0.5) is 10.1 Å². The number of benzene rings is 1. The summed E-state index contributed by atoms with van der Waals surface area (Å²) in [5, 5.41) is 1.98. The number of hydrogen-bond donors (Lipinski definition) is 3. The molecule has 0 radical (unpaired) electrons. The van der Waals surface area contributed by atoms with E-state index >= 15 is 0 Å². The summed E-state index contributed by atoms with van der Waals surface area (Å²) in [5.74, 6) is 5.24. The summed E-state index contributed by atoms with van der Waals surface area (Å²) in [5.41, 5.74) is 10.8. The van der Waals surface area contributed by atoms with Gasteiger partial charge >= 0.3 is 0 Å². The van der Waals surface area contributed by atoms with E-state index in [9.17, 15) is 4.39 Å². The van der Waals surface area contributed by atoms with Crippen LogP contribution in [-0.2, 0) is 0 Å². The van der Waals surface area contributed by atoms with Gasteiger partial charge in [0.25, 0.3) is 0 Å². The fraction of sp³-hybridized carbons (Fsp3) is 0.167. The lowest BCUT2D eigenvalue weighted by molar-refractivity contribution is 0.606. The SMILES string of the molecule is Cc1sccc1C(NN)c1cc(F)ccc1N. The first-order valence-electron chi connectivity index (χ1n) is 5.18. The molecule has 2 aromatic rings. The monoisotopic (exact) mass is 251 g/mol. The molecule has 17 heavy (non-hydrogen) atoms. The van der Waals surface area contributed by atoms with Gasteiger partial charge in [0.2, 0.25) is 0 Å². The Labute approximate surface area is 103 Å². The molecule has 0 saturated carbocycles. The molecule has 0 spiro atoms. The summed E-state index contributed by atoms with van der Waals surface area (Å²) in [6, 6.07) is 5.99. The number of hydrogen-bond acceptors (Lipinski definition) is 4. The van der Waals surface area contributed by atoms with Crippen molar-refractivity contribution in [3.63, 3.8) is 0 Å². The van der Waals surface area contributed by atoms with Crippen molar-refractivity contribution in [3.8, 4) is 0 Å². The summed E-state index contributed by atoms with van der Waals surface area (Å²) in [7, 11) is 0. The second-order valence-electron chi connectivity index (χ2n) is 3.81. The minimum absolute atomic E-state index is 0.281. The predicted molar refractivity (Wildman–Crippen MR) is 69.0 cm³/mol. The van der Waals surface area contributed by atoms with E-state index in [1.54, 1.807) is 17.4 Å². The van der Waals surface area contributed by atoms with Gasteiger partial charge < -0.3 is 5.73 Å². The summed E-state index contributed by atoms with van der Waals surface area (Å²) in [6.45, 7) is 2.00. The number of rotatable bonds is 3. The zero-order valence-electron chi connectivity index (χ0n) is 9.41. The average Bonchev–Trinajstić information content (AvgIpc) is 2.71. The van der Waals surface area contributed by atoms with Crippen molar-refractivity contribution in [1.29, 1.82) is 0 Å². The average molecular weight is 251 g/mol. The van der Waals surface area contributed by atoms with Crippen LogP contribution in [0.3, 0.4) is 0 Å². The van der Waals surface area contributed by atoms with Gasteiger partial charge in [-0.3, -0.25) is 5.84 Å². The third-order valence-electron chi connectivity index (χ3n) is 2.74. The maximum atomic E-state index is 13.3. The molecular weight excluding hydrogens is 237 g/mol. The predicted octanol–water partition coefficient (Wildman–Crippen LogP) is 2.33. The Morgan fingerprint density at radius 1 is 1.29 bits per heavy atom. The van der Waals surface area contributed by atoms with Gasteiger partial charge in [-0.1, -0.05) is 0 Å². The van der Waals surface area contributed by atoms with Crippen molar-refractivity contribution in [2.24, 2.45) is 5.84 Å². The number of anilines is 1. The highest BCUT2D eigenvalue weighted by Crippen LogP contribution is 2.31. The second-order valence-corrected chi connectivity index (χ2v) is 4.93. The molecule has 1 aromatic heterocycles. The normalized spacial score (nSPS) is 12.6. The molecule has 2 rings (SSSR count). The highest BCUT2D eigenvalue weighted by molar-refractivity contribution is 7.10. The van der Waals surface area contributed by atoms with E-state index in [4.69, 9.17) is 11.6 Å². The van der Waals surface area contributed by atoms with Crippen LogP contribution in [0.15, 0.2) is 29.6 Å². The van der Waals surface area contributed by atoms with Crippen molar-refractivity contribution in [2.45, 2.75) is 13.0 Å². The van der Waals surface area contributed by atoms with Crippen molar-refractivity contribution in [3.05, 3.63) is 51.5 Å². The Bertz CT molecular complexity index is 524. The zero-order valence-corrected chi connectivity index (χ0v) is 10.2. The molecule has 1 aromatic carbocycles. The van der Waals surface area contributed by atoms with E-state index in [0.717, 1.165) is 10.4 Å². The summed E-state index contributed by atoms with van der Waals surface area (Å²) >= 11 is 1.62. The maximum absolute atomic E-state index is 13.3. The van der Waals surface area contributed by atoms with Gasteiger partial charge in [0.1, 0.15) is 5.82 Å². The third kappa shape index (κ3) is 2.31. The number of nitrogens with two attached hydrogens (primary N) is 2. The van der Waals surface area contributed by atoms with Crippen molar-refractivity contribution in [2.75, 3.05) is 5.73 Å². The number of thiophene rings is 1. The van der Waals surface area contributed by atoms with Gasteiger partial charge in [-0.2, -0.15) is 0 Å². The Kier molecular flexibility index (Phi) is 3.42. The van der Waals surface area contributed by atoms with Crippen LogP contribution in [-0.4, -0.2) is 0 Å². The number of nitrogen functional groups attached to an aromatic ring is 1. The van der Waals surface area contributed by atoms with Gasteiger partial charge in [0.15, 0.2) is 0 Å². The lowest BCUT2D eigenvalue weighted by Crippen LogP contribution is -2.29. The van der Waals surface area contributed by atoms with Gasteiger partial charge in [-0.25, -0.2) is 9.82 Å². The van der Waals surface area contributed by atoms with Crippen LogP contribution in [0, 0.1) is 12.7 Å². The van der Waals surface area contributed by atoms with Gasteiger partial charge in [-0.05, 0) is 42.1 Å². The molecule has 5 N–H and O–H groups in total. The van der Waals surface area contributed by atoms with Crippen molar-refractivity contribution >= 4 is 17.0 Å². The molecule has 0 aliphatic heterocycles. The zero-order chi connectivity index (χ0) is 12.4. The van der Waals surface area contributed by atoms with E-state index in [1.165, 1.54) is 12.1 Å². The van der Waals surface area contributed by atoms with Crippen LogP contribution in [0.25, 0.3) is 0 Å². The van der Waals surface area contributed by atoms with Gasteiger partial charge in [0.05, 0.1) is 6.04 Å². The highest BCUT2D eigenvalue weighted by atomic mass is 32.1. The molecule has 1 unspecified atom stereocenters. The van der Waals surface area contributed by atoms with Crippen LogP contribution in [0.2, 0.25) is 0 Å². The molecule has 0 saturated heterocycles. The number of hydrazine groups is 1. The lowest BCUT2D eigenvalue weighted by Gasteiger charge is -2.18. The first-order chi connectivity index (χ1) is 8.13. The van der Waals surface area contributed by atoms with E-state index in [2.05, 4.69) is 5.43 Å². The minimum Gasteiger partial charge on any atom is -0.398 e. The van der Waals surface area contributed by atoms with Crippen LogP contribution in [0.5, 0.6) is 0 Å². The van der Waals surface area contributed by atoms with Crippen LogP contribution < -0.4 is 17.0 Å². The van der Waals surface area contributed by atoms with E-state index in [0.29, 0.717) is 11.3 Å². The van der Waals surface area contributed by atoms with Crippen LogP contribution in [0.1, 0.15) is 22.0 Å². The number of nitrogens with one attached hydrogen (secondary N) is 1. The highest BCUT2D eigenvalue weighted by Gasteiger charge is 2.18. The molecule has 3 nitrogen and oxygen atoms in total. The molecule has 0 bridgehead atoms. The Morgan fingerprint density at radius 2 is 2.06 bits per heavy atom. The third-order valence-corrected chi connectivity index (χ3v) is 3.60. The Balaban J connectivity index is 2.49. The fourth-order valence-corrected chi connectivity index (χ4v) is 2.58. The fourth-order valence-electron chi connectivity index (χ4n) is 1.84. The molecule has 0 aliphatic rings. The second kappa shape index (κ2) is 4.83. The lowest BCUT2D eigenvalue weighted by atomic mass is 9.98. The van der Waals surface area contributed by atoms with E-state index < -0.39 is 0 Å². The summed E-state index contributed by atoms with van der Waals surface area (Å²) < 4.78 is 13.3. The molecule has 0 amide bonds. The molecule has 90 valence electrons. The summed E-state index contributed by atoms with van der Waals surface area (Å²) in [6.07, 6.45) is 0. The largest absolute Gasteiger partial charge is 0.398 e. The van der Waals surface area contributed by atoms with Crippen molar-refractivity contribution < 1.29 is 4.39 Å². The van der Waals surface area contributed by atoms with E-state index in [-0.39, 0.29) is 11.9 Å². The standard InChI is InChI=1S/C12H14FN3S/c1-7-9(4-5-17-7)12(16-15)10-6-8(13)2-3-11(10)14/h2-6,12,16H,14-15H2,1H3. The molecule has 1 heterocycles. The van der Waals surface area contributed by atoms with Gasteiger partial charge in [0, 0.05) is 16.1 Å². The van der Waals surface area contributed by atoms with Crippen molar-refractivity contribution in [1.82, 2.24) is 5.43 Å². The van der Waals surface area contributed by atoms with E-state index in [1.807, 2.05) is 18.4 Å². The molecular formula is C12H14FN3S. The molecule has 0 fully saturated rings. The molecule has 0 aliphatic carbocycles. The smallest absolute Gasteiger partial charge is 0.123 e. The molecule has 5 heteroatoms. The quantitative estimate of drug-likeness (QED) is 0.445. The van der Waals surface area contributed by atoms with Crippen LogP contribution >= 0.6 is 11.3 Å².